The minimum Gasteiger partial charge on any atom is -0.354 e. The van der Waals surface area contributed by atoms with Crippen LogP contribution in [0.25, 0.3) is 21.8 Å². The van der Waals surface area contributed by atoms with Gasteiger partial charge in [0.05, 0.1) is 21.3 Å². The molecule has 3 aromatic rings. The molecule has 21 heavy (non-hydrogen) atoms. The van der Waals surface area contributed by atoms with Crippen molar-refractivity contribution in [1.29, 1.82) is 0 Å². The van der Waals surface area contributed by atoms with Crippen LogP contribution in [0, 0.1) is 10.1 Å². The van der Waals surface area contributed by atoms with Gasteiger partial charge < -0.3 is 4.98 Å². The van der Waals surface area contributed by atoms with Gasteiger partial charge >= 0.3 is 0 Å². The van der Waals surface area contributed by atoms with Crippen molar-refractivity contribution in [2.45, 2.75) is 19.3 Å². The number of nitro groups is 1. The molecule has 0 saturated carbocycles. The van der Waals surface area contributed by atoms with Crippen molar-refractivity contribution in [3.8, 4) is 0 Å². The van der Waals surface area contributed by atoms with E-state index in [1.165, 1.54) is 23.3 Å². The van der Waals surface area contributed by atoms with Crippen molar-refractivity contribution in [2.75, 3.05) is 0 Å². The fraction of sp³-hybridized carbons (Fsp3) is 0.188. The third-order valence-electron chi connectivity index (χ3n) is 4.20. The highest BCUT2D eigenvalue weighted by molar-refractivity contribution is 5.94. The van der Waals surface area contributed by atoms with Crippen LogP contribution in [0.4, 0.5) is 5.69 Å². The first-order valence-electron chi connectivity index (χ1n) is 6.89. The zero-order valence-electron chi connectivity index (χ0n) is 11.2. The molecule has 1 aromatic heterocycles. The Kier molecular flexibility index (Phi) is 2.39. The number of aromatic amines is 1. The van der Waals surface area contributed by atoms with E-state index in [1.54, 1.807) is 6.07 Å². The lowest BCUT2D eigenvalue weighted by Crippen LogP contribution is -2.05. The Morgan fingerprint density at radius 2 is 1.71 bits per heavy atom. The molecule has 0 bridgehead atoms. The fourth-order valence-corrected chi connectivity index (χ4v) is 3.15. The normalized spacial score (nSPS) is 13.7. The molecular weight excluding hydrogens is 268 g/mol. The maximum Gasteiger partial charge on any atom is 0.270 e. The van der Waals surface area contributed by atoms with Gasteiger partial charge in [-0.05, 0) is 48.6 Å². The first-order chi connectivity index (χ1) is 10.1. The summed E-state index contributed by atoms with van der Waals surface area (Å²) in [6, 6.07) is 8.34. The molecule has 2 aromatic carbocycles. The van der Waals surface area contributed by atoms with Crippen LogP contribution in [0.15, 0.2) is 35.1 Å². The van der Waals surface area contributed by atoms with Gasteiger partial charge in [0, 0.05) is 17.5 Å². The Morgan fingerprint density at radius 1 is 1.00 bits per heavy atom. The van der Waals surface area contributed by atoms with Crippen LogP contribution >= 0.6 is 0 Å². The quantitative estimate of drug-likeness (QED) is 0.423. The minimum absolute atomic E-state index is 0.0616. The van der Waals surface area contributed by atoms with Gasteiger partial charge in [-0.3, -0.25) is 14.9 Å². The van der Waals surface area contributed by atoms with E-state index in [2.05, 4.69) is 4.98 Å². The molecule has 0 atom stereocenters. The molecule has 0 fully saturated rings. The van der Waals surface area contributed by atoms with Crippen LogP contribution < -0.4 is 5.43 Å². The second-order valence-electron chi connectivity index (χ2n) is 5.46. The van der Waals surface area contributed by atoms with Gasteiger partial charge in [-0.2, -0.15) is 0 Å². The summed E-state index contributed by atoms with van der Waals surface area (Å²) in [6.07, 6.45) is 3.16. The standard InChI is InChI=1S/C16H12N2O3/c19-16-12-6-9-2-1-3-10(9)7-15(12)17-14-5-4-11(18(20)21)8-13(14)16/h4-8H,1-3H2,(H,17,19). The van der Waals surface area contributed by atoms with Crippen molar-refractivity contribution in [3.05, 3.63) is 61.8 Å². The van der Waals surface area contributed by atoms with Crippen LogP contribution in [-0.2, 0) is 12.8 Å². The molecule has 104 valence electrons. The number of pyridine rings is 1. The highest BCUT2D eigenvalue weighted by Crippen LogP contribution is 2.27. The Morgan fingerprint density at radius 3 is 2.48 bits per heavy atom. The molecule has 4 rings (SSSR count). The topological polar surface area (TPSA) is 76.0 Å². The van der Waals surface area contributed by atoms with Crippen LogP contribution in [0.2, 0.25) is 0 Å². The monoisotopic (exact) mass is 280 g/mol. The number of hydrogen-bond acceptors (Lipinski definition) is 3. The average Bonchev–Trinajstić information content (AvgIpc) is 2.92. The highest BCUT2D eigenvalue weighted by atomic mass is 16.6. The predicted octanol–water partition coefficient (Wildman–Crippen LogP) is 3.08. The molecule has 5 nitrogen and oxygen atoms in total. The Labute approximate surface area is 119 Å². The SMILES string of the molecule is O=c1c2cc([N+](=O)[O-])ccc2[nH]c2cc3c(cc12)CCC3. The second-order valence-corrected chi connectivity index (χ2v) is 5.46. The number of H-pyrrole nitrogens is 1. The van der Waals surface area contributed by atoms with Gasteiger partial charge in [-0.25, -0.2) is 0 Å². The van der Waals surface area contributed by atoms with Gasteiger partial charge in [0.25, 0.3) is 5.69 Å². The number of non-ortho nitro benzene ring substituents is 1. The third-order valence-corrected chi connectivity index (χ3v) is 4.20. The zero-order chi connectivity index (χ0) is 14.6. The van der Waals surface area contributed by atoms with Crippen molar-refractivity contribution in [1.82, 2.24) is 4.98 Å². The van der Waals surface area contributed by atoms with Crippen molar-refractivity contribution in [2.24, 2.45) is 0 Å². The molecule has 0 amide bonds. The van der Waals surface area contributed by atoms with Crippen LogP contribution in [0.1, 0.15) is 17.5 Å². The molecule has 0 spiro atoms. The summed E-state index contributed by atoms with van der Waals surface area (Å²) < 4.78 is 0. The van der Waals surface area contributed by atoms with Gasteiger partial charge in [0.1, 0.15) is 0 Å². The average molecular weight is 280 g/mol. The summed E-state index contributed by atoms with van der Waals surface area (Å²) in [5, 5.41) is 11.9. The molecule has 1 aliphatic rings. The van der Waals surface area contributed by atoms with E-state index in [4.69, 9.17) is 0 Å². The number of nitrogens with zero attached hydrogens (tertiary/aromatic N) is 1. The number of fused-ring (bicyclic) bond motifs is 3. The highest BCUT2D eigenvalue weighted by Gasteiger charge is 2.15. The number of nitro benzene ring substituents is 1. The lowest BCUT2D eigenvalue weighted by Gasteiger charge is -2.06. The van der Waals surface area contributed by atoms with Crippen LogP contribution in [-0.4, -0.2) is 9.91 Å². The molecular formula is C16H12N2O3. The summed E-state index contributed by atoms with van der Waals surface area (Å²) in [5.74, 6) is 0. The molecule has 0 unspecified atom stereocenters. The van der Waals surface area contributed by atoms with Gasteiger partial charge in [0.2, 0.25) is 0 Å². The number of benzene rings is 2. The maximum absolute atomic E-state index is 12.6. The van der Waals surface area contributed by atoms with E-state index in [9.17, 15) is 14.9 Å². The molecule has 1 aliphatic carbocycles. The van der Waals surface area contributed by atoms with E-state index in [0.717, 1.165) is 24.8 Å². The Bertz CT molecular complexity index is 973. The van der Waals surface area contributed by atoms with Crippen molar-refractivity contribution in [3.63, 3.8) is 0 Å². The lowest BCUT2D eigenvalue weighted by molar-refractivity contribution is -0.384. The molecule has 1 N–H and O–H groups in total. The van der Waals surface area contributed by atoms with Gasteiger partial charge in [-0.15, -0.1) is 0 Å². The molecule has 5 heteroatoms. The fourth-order valence-electron chi connectivity index (χ4n) is 3.15. The lowest BCUT2D eigenvalue weighted by atomic mass is 10.0. The first-order valence-corrected chi connectivity index (χ1v) is 6.89. The van der Waals surface area contributed by atoms with Crippen LogP contribution in [0.5, 0.6) is 0 Å². The summed E-state index contributed by atoms with van der Waals surface area (Å²) in [4.78, 5) is 26.2. The van der Waals surface area contributed by atoms with Crippen molar-refractivity contribution >= 4 is 27.5 Å². The summed E-state index contributed by atoms with van der Waals surface area (Å²) in [5.41, 5.74) is 3.75. The van der Waals surface area contributed by atoms with Gasteiger partial charge in [-0.1, -0.05) is 0 Å². The zero-order valence-corrected chi connectivity index (χ0v) is 11.2. The van der Waals surface area contributed by atoms with Crippen molar-refractivity contribution < 1.29 is 4.92 Å². The first kappa shape index (κ1) is 12.1. The van der Waals surface area contributed by atoms with E-state index in [0.29, 0.717) is 16.3 Å². The largest absolute Gasteiger partial charge is 0.354 e. The summed E-state index contributed by atoms with van der Waals surface area (Å²) in [6.45, 7) is 0. The number of rotatable bonds is 1. The minimum atomic E-state index is -0.480. The number of aromatic nitrogens is 1. The maximum atomic E-state index is 12.6. The third kappa shape index (κ3) is 1.74. The Hall–Kier alpha value is -2.69. The molecule has 0 saturated heterocycles. The second kappa shape index (κ2) is 4.15. The number of nitrogens with one attached hydrogen (secondary N) is 1. The van der Waals surface area contributed by atoms with E-state index < -0.39 is 4.92 Å². The smallest absolute Gasteiger partial charge is 0.270 e. The predicted molar refractivity (Wildman–Crippen MR) is 80.8 cm³/mol. The molecule has 0 aliphatic heterocycles. The van der Waals surface area contributed by atoms with E-state index in [-0.39, 0.29) is 11.1 Å². The summed E-state index contributed by atoms with van der Waals surface area (Å²) >= 11 is 0. The molecule has 0 radical (unpaired) electrons. The summed E-state index contributed by atoms with van der Waals surface area (Å²) in [7, 11) is 0. The van der Waals surface area contributed by atoms with E-state index in [1.807, 2.05) is 12.1 Å². The number of aryl methyl sites for hydroxylation is 2. The Balaban J connectivity index is 2.11. The molecule has 1 heterocycles. The van der Waals surface area contributed by atoms with E-state index >= 15 is 0 Å². The number of hydrogen-bond donors (Lipinski definition) is 1. The van der Waals surface area contributed by atoms with Gasteiger partial charge in [0.15, 0.2) is 5.43 Å². The van der Waals surface area contributed by atoms with Crippen LogP contribution in [0.3, 0.4) is 0 Å².